The van der Waals surface area contributed by atoms with E-state index in [4.69, 9.17) is 5.73 Å². The van der Waals surface area contributed by atoms with Gasteiger partial charge in [-0.3, -0.25) is 4.79 Å². The summed E-state index contributed by atoms with van der Waals surface area (Å²) in [6.07, 6.45) is 0. The van der Waals surface area contributed by atoms with Crippen molar-refractivity contribution in [1.29, 1.82) is 0 Å². The van der Waals surface area contributed by atoms with Crippen molar-refractivity contribution in [3.8, 4) is 5.75 Å². The Morgan fingerprint density at radius 1 is 1.12 bits per heavy atom. The largest absolute Gasteiger partial charge is 0.506 e. The third-order valence-corrected chi connectivity index (χ3v) is 2.87. The van der Waals surface area contributed by atoms with E-state index in [2.05, 4.69) is 4.98 Å². The van der Waals surface area contributed by atoms with Gasteiger partial charge in [0, 0.05) is 16.6 Å². The summed E-state index contributed by atoms with van der Waals surface area (Å²) in [5.41, 5.74) is 7.06. The first-order valence-corrected chi connectivity index (χ1v) is 5.20. The van der Waals surface area contributed by atoms with E-state index in [-0.39, 0.29) is 11.2 Å². The van der Waals surface area contributed by atoms with Gasteiger partial charge in [-0.1, -0.05) is 12.1 Å². The highest BCUT2D eigenvalue weighted by Gasteiger charge is 2.10. The molecular formula is C13H10N2O2. The zero-order valence-electron chi connectivity index (χ0n) is 8.90. The van der Waals surface area contributed by atoms with Gasteiger partial charge in [0.1, 0.15) is 5.75 Å². The Morgan fingerprint density at radius 2 is 1.88 bits per heavy atom. The molecule has 1 heterocycles. The number of anilines is 1. The van der Waals surface area contributed by atoms with Crippen molar-refractivity contribution in [2.24, 2.45) is 0 Å². The first-order chi connectivity index (χ1) is 8.18. The van der Waals surface area contributed by atoms with E-state index in [1.54, 1.807) is 18.2 Å². The normalized spacial score (nSPS) is 11.1. The van der Waals surface area contributed by atoms with E-state index in [0.717, 1.165) is 0 Å². The van der Waals surface area contributed by atoms with Crippen LogP contribution < -0.4 is 11.2 Å². The van der Waals surface area contributed by atoms with Gasteiger partial charge >= 0.3 is 0 Å². The van der Waals surface area contributed by atoms with Gasteiger partial charge in [0.15, 0.2) is 5.43 Å². The lowest BCUT2D eigenvalue weighted by atomic mass is 10.1. The molecule has 84 valence electrons. The van der Waals surface area contributed by atoms with Gasteiger partial charge in [-0.25, -0.2) is 0 Å². The summed E-state index contributed by atoms with van der Waals surface area (Å²) >= 11 is 0. The molecule has 0 fully saturated rings. The van der Waals surface area contributed by atoms with Gasteiger partial charge in [0.05, 0.1) is 10.9 Å². The number of nitrogens with one attached hydrogen (secondary N) is 1. The third kappa shape index (κ3) is 1.27. The highest BCUT2D eigenvalue weighted by atomic mass is 16.3. The van der Waals surface area contributed by atoms with Crippen molar-refractivity contribution < 1.29 is 5.11 Å². The zero-order chi connectivity index (χ0) is 12.0. The lowest BCUT2D eigenvalue weighted by molar-refractivity contribution is 0.480. The Kier molecular flexibility index (Phi) is 1.86. The van der Waals surface area contributed by atoms with Crippen molar-refractivity contribution in [2.75, 3.05) is 5.73 Å². The molecule has 0 aliphatic heterocycles. The maximum absolute atomic E-state index is 12.2. The SMILES string of the molecule is Nc1ccc(O)c2[nH]c3ccccc3c(=O)c12. The Labute approximate surface area is 96.3 Å². The molecule has 4 N–H and O–H groups in total. The third-order valence-electron chi connectivity index (χ3n) is 2.87. The minimum absolute atomic E-state index is 0.0250. The average Bonchev–Trinajstić information content (AvgIpc) is 2.34. The summed E-state index contributed by atoms with van der Waals surface area (Å²) in [7, 11) is 0. The number of nitrogen functional groups attached to an aromatic ring is 1. The van der Waals surface area contributed by atoms with Gasteiger partial charge < -0.3 is 15.8 Å². The zero-order valence-corrected chi connectivity index (χ0v) is 8.90. The molecule has 0 aliphatic carbocycles. The molecule has 0 radical (unpaired) electrons. The van der Waals surface area contributed by atoms with Crippen LogP contribution in [0.4, 0.5) is 5.69 Å². The van der Waals surface area contributed by atoms with E-state index >= 15 is 0 Å². The maximum atomic E-state index is 12.2. The number of fused-ring (bicyclic) bond motifs is 2. The molecule has 0 amide bonds. The molecule has 0 spiro atoms. The summed E-state index contributed by atoms with van der Waals surface area (Å²) in [4.78, 5) is 15.3. The molecule has 0 saturated carbocycles. The van der Waals surface area contributed by atoms with Crippen LogP contribution in [0, 0.1) is 0 Å². The van der Waals surface area contributed by atoms with Crippen LogP contribution in [0.2, 0.25) is 0 Å². The summed E-state index contributed by atoms with van der Waals surface area (Å²) in [5.74, 6) is 0.0250. The van der Waals surface area contributed by atoms with Gasteiger partial charge in [0.25, 0.3) is 0 Å². The topological polar surface area (TPSA) is 79.1 Å². The molecule has 3 aromatic rings. The number of nitrogens with two attached hydrogens (primary N) is 1. The molecule has 4 heteroatoms. The summed E-state index contributed by atoms with van der Waals surface area (Å²) in [6, 6.07) is 10.1. The standard InChI is InChI=1S/C13H10N2O2/c14-8-5-6-10(16)12-11(8)13(17)7-3-1-2-4-9(7)15-12/h1-6,16H,14H2,(H,15,17). The molecule has 17 heavy (non-hydrogen) atoms. The van der Waals surface area contributed by atoms with Crippen LogP contribution in [0.5, 0.6) is 5.75 Å². The molecule has 3 rings (SSSR count). The number of rotatable bonds is 0. The minimum Gasteiger partial charge on any atom is -0.506 e. The fraction of sp³-hybridized carbons (Fsp3) is 0. The first-order valence-electron chi connectivity index (χ1n) is 5.20. The Morgan fingerprint density at radius 3 is 2.71 bits per heavy atom. The molecule has 0 bridgehead atoms. The predicted octanol–water partition coefficient (Wildman–Crippen LogP) is 1.97. The summed E-state index contributed by atoms with van der Waals surface area (Å²) < 4.78 is 0. The van der Waals surface area contributed by atoms with Gasteiger partial charge in [-0.2, -0.15) is 0 Å². The lowest BCUT2D eigenvalue weighted by Gasteiger charge is -2.06. The second-order valence-electron chi connectivity index (χ2n) is 3.92. The van der Waals surface area contributed by atoms with Gasteiger partial charge in [-0.05, 0) is 24.3 Å². The van der Waals surface area contributed by atoms with Crippen LogP contribution in [0.3, 0.4) is 0 Å². The number of aromatic amines is 1. The monoisotopic (exact) mass is 226 g/mol. The molecule has 0 unspecified atom stereocenters. The predicted molar refractivity (Wildman–Crippen MR) is 68.2 cm³/mol. The number of phenols is 1. The van der Waals surface area contributed by atoms with E-state index in [9.17, 15) is 9.90 Å². The molecule has 0 aliphatic rings. The number of benzene rings is 2. The molecule has 0 atom stereocenters. The van der Waals surface area contributed by atoms with Crippen molar-refractivity contribution in [3.63, 3.8) is 0 Å². The number of H-pyrrole nitrogens is 1. The minimum atomic E-state index is -0.164. The van der Waals surface area contributed by atoms with E-state index in [1.807, 2.05) is 6.07 Å². The van der Waals surface area contributed by atoms with Gasteiger partial charge in [0.2, 0.25) is 0 Å². The van der Waals surface area contributed by atoms with Crippen LogP contribution in [0.25, 0.3) is 21.8 Å². The Hall–Kier alpha value is -2.49. The Balaban J connectivity index is 2.69. The number of phenolic OH excluding ortho intramolecular Hbond substituents is 1. The highest BCUT2D eigenvalue weighted by molar-refractivity contribution is 6.00. The van der Waals surface area contributed by atoms with Crippen LogP contribution >= 0.6 is 0 Å². The fourth-order valence-electron chi connectivity index (χ4n) is 2.04. The van der Waals surface area contributed by atoms with Crippen LogP contribution in [-0.2, 0) is 0 Å². The fourth-order valence-corrected chi connectivity index (χ4v) is 2.04. The van der Waals surface area contributed by atoms with Crippen molar-refractivity contribution >= 4 is 27.5 Å². The number of hydrogen-bond donors (Lipinski definition) is 3. The molecule has 2 aromatic carbocycles. The number of hydrogen-bond acceptors (Lipinski definition) is 3. The molecule has 1 aromatic heterocycles. The van der Waals surface area contributed by atoms with Crippen molar-refractivity contribution in [1.82, 2.24) is 4.98 Å². The van der Waals surface area contributed by atoms with Crippen molar-refractivity contribution in [2.45, 2.75) is 0 Å². The molecule has 0 saturated heterocycles. The second kappa shape index (κ2) is 3.25. The highest BCUT2D eigenvalue weighted by Crippen LogP contribution is 2.26. The van der Waals surface area contributed by atoms with E-state index in [1.165, 1.54) is 12.1 Å². The average molecular weight is 226 g/mol. The molecular weight excluding hydrogens is 216 g/mol. The summed E-state index contributed by atoms with van der Waals surface area (Å²) in [6.45, 7) is 0. The molecule has 4 nitrogen and oxygen atoms in total. The van der Waals surface area contributed by atoms with Crippen LogP contribution in [-0.4, -0.2) is 10.1 Å². The number of aromatic hydroxyl groups is 1. The second-order valence-corrected chi connectivity index (χ2v) is 3.92. The number of pyridine rings is 1. The Bertz CT molecular complexity index is 790. The van der Waals surface area contributed by atoms with Crippen LogP contribution in [0.15, 0.2) is 41.2 Å². The van der Waals surface area contributed by atoms with Crippen molar-refractivity contribution in [3.05, 3.63) is 46.6 Å². The van der Waals surface area contributed by atoms with E-state index < -0.39 is 0 Å². The van der Waals surface area contributed by atoms with E-state index in [0.29, 0.717) is 27.5 Å². The quantitative estimate of drug-likeness (QED) is 0.311. The van der Waals surface area contributed by atoms with Gasteiger partial charge in [-0.15, -0.1) is 0 Å². The smallest absolute Gasteiger partial charge is 0.199 e. The number of aromatic nitrogens is 1. The summed E-state index contributed by atoms with van der Waals surface area (Å²) in [5, 5.41) is 10.7. The van der Waals surface area contributed by atoms with Crippen LogP contribution in [0.1, 0.15) is 0 Å². The lowest BCUT2D eigenvalue weighted by Crippen LogP contribution is -2.06. The first kappa shape index (κ1) is 9.72. The number of para-hydroxylation sites is 1. The maximum Gasteiger partial charge on any atom is 0.199 e.